The average molecular weight is 415 g/mol. The van der Waals surface area contributed by atoms with E-state index < -0.39 is 0 Å². The molecule has 0 spiro atoms. The van der Waals surface area contributed by atoms with Crippen molar-refractivity contribution >= 4 is 32.9 Å². The molecule has 26 heavy (non-hydrogen) atoms. The highest BCUT2D eigenvalue weighted by Gasteiger charge is 2.25. The van der Waals surface area contributed by atoms with Crippen molar-refractivity contribution in [2.45, 2.75) is 13.0 Å². The summed E-state index contributed by atoms with van der Waals surface area (Å²) in [5, 5.41) is 1.03. The van der Waals surface area contributed by atoms with Crippen molar-refractivity contribution in [1.29, 1.82) is 0 Å². The lowest BCUT2D eigenvalue weighted by Crippen LogP contribution is -2.38. The monoisotopic (exact) mass is 414 g/mol. The number of hydrogen-bond acceptors (Lipinski definition) is 3. The first-order valence-electron chi connectivity index (χ1n) is 8.40. The van der Waals surface area contributed by atoms with Gasteiger partial charge in [0.05, 0.1) is 26.3 Å². The molecule has 2 heterocycles. The molecule has 0 bridgehead atoms. The van der Waals surface area contributed by atoms with Gasteiger partial charge in [-0.15, -0.1) is 0 Å². The number of hydrogen-bond donors (Lipinski definition) is 0. The summed E-state index contributed by atoms with van der Waals surface area (Å²) in [6.07, 6.45) is 2.61. The van der Waals surface area contributed by atoms with Gasteiger partial charge in [0, 0.05) is 34.2 Å². The van der Waals surface area contributed by atoms with Crippen LogP contribution in [0.4, 0.5) is 4.79 Å². The van der Waals surface area contributed by atoms with Crippen molar-refractivity contribution in [3.63, 3.8) is 0 Å². The summed E-state index contributed by atoms with van der Waals surface area (Å²) in [4.78, 5) is 15.0. The Kier molecular flexibility index (Phi) is 4.36. The van der Waals surface area contributed by atoms with E-state index in [1.54, 1.807) is 18.8 Å². The summed E-state index contributed by atoms with van der Waals surface area (Å²) in [5.74, 6) is 1.54. The lowest BCUT2D eigenvalue weighted by molar-refractivity contribution is 0.194. The van der Waals surface area contributed by atoms with Crippen molar-refractivity contribution in [1.82, 2.24) is 9.47 Å². The number of methoxy groups -OCH3 is 2. The maximum Gasteiger partial charge on any atom is 0.328 e. The molecular formula is C20H19BrN2O3. The SMILES string of the molecule is COc1cc2c(c(OC)c1)CN(C(=O)n1ccc3cc(Br)ccc31)CC2. The van der Waals surface area contributed by atoms with Gasteiger partial charge in [-0.2, -0.15) is 0 Å². The normalized spacial score (nSPS) is 13.6. The van der Waals surface area contributed by atoms with E-state index in [-0.39, 0.29) is 6.03 Å². The van der Waals surface area contributed by atoms with E-state index in [1.807, 2.05) is 47.5 Å². The van der Waals surface area contributed by atoms with Gasteiger partial charge in [0.1, 0.15) is 11.5 Å². The van der Waals surface area contributed by atoms with E-state index >= 15 is 0 Å². The third-order valence-corrected chi connectivity index (χ3v) is 5.35. The first-order valence-corrected chi connectivity index (χ1v) is 9.19. The number of halogens is 1. The van der Waals surface area contributed by atoms with Crippen molar-refractivity contribution in [2.24, 2.45) is 0 Å². The van der Waals surface area contributed by atoms with Gasteiger partial charge in [-0.25, -0.2) is 4.79 Å². The number of carbonyl (C=O) groups excluding carboxylic acids is 1. The summed E-state index contributed by atoms with van der Waals surface area (Å²) in [6, 6.07) is 11.8. The molecular weight excluding hydrogens is 396 g/mol. The number of benzene rings is 2. The molecule has 4 rings (SSSR count). The average Bonchev–Trinajstić information content (AvgIpc) is 3.08. The molecule has 0 aliphatic carbocycles. The van der Waals surface area contributed by atoms with Crippen LogP contribution in [0.1, 0.15) is 11.1 Å². The van der Waals surface area contributed by atoms with Crippen LogP contribution in [0.3, 0.4) is 0 Å². The summed E-state index contributed by atoms with van der Waals surface area (Å²) < 4.78 is 13.6. The Morgan fingerprint density at radius 2 is 1.96 bits per heavy atom. The Hall–Kier alpha value is -2.47. The van der Waals surface area contributed by atoms with Gasteiger partial charge in [0.25, 0.3) is 0 Å². The smallest absolute Gasteiger partial charge is 0.328 e. The van der Waals surface area contributed by atoms with Gasteiger partial charge in [-0.3, -0.25) is 4.57 Å². The second kappa shape index (κ2) is 6.68. The summed E-state index contributed by atoms with van der Waals surface area (Å²) in [7, 11) is 3.29. The molecule has 134 valence electrons. The predicted molar refractivity (Wildman–Crippen MR) is 104 cm³/mol. The molecule has 1 amide bonds. The van der Waals surface area contributed by atoms with E-state index in [0.29, 0.717) is 13.1 Å². The maximum absolute atomic E-state index is 13.1. The summed E-state index contributed by atoms with van der Waals surface area (Å²) in [6.45, 7) is 1.19. The number of fused-ring (bicyclic) bond motifs is 2. The van der Waals surface area contributed by atoms with E-state index in [9.17, 15) is 4.79 Å². The fourth-order valence-corrected chi connectivity index (χ4v) is 3.88. The van der Waals surface area contributed by atoms with Crippen molar-refractivity contribution in [3.8, 4) is 11.5 Å². The van der Waals surface area contributed by atoms with Crippen LogP contribution >= 0.6 is 15.9 Å². The molecule has 1 aliphatic heterocycles. The number of ether oxygens (including phenoxy) is 2. The molecule has 0 fully saturated rings. The number of rotatable bonds is 2. The number of nitrogens with zero attached hydrogens (tertiary/aromatic N) is 2. The van der Waals surface area contributed by atoms with Crippen LogP contribution in [-0.2, 0) is 13.0 Å². The molecule has 1 aliphatic rings. The van der Waals surface area contributed by atoms with Crippen LogP contribution in [0.25, 0.3) is 10.9 Å². The zero-order valence-corrected chi connectivity index (χ0v) is 16.2. The molecule has 0 radical (unpaired) electrons. The highest BCUT2D eigenvalue weighted by Crippen LogP contribution is 2.33. The minimum absolute atomic E-state index is 0.0224. The predicted octanol–water partition coefficient (Wildman–Crippen LogP) is 4.45. The Morgan fingerprint density at radius 1 is 1.12 bits per heavy atom. The van der Waals surface area contributed by atoms with Crippen LogP contribution in [0, 0.1) is 0 Å². The molecule has 0 unspecified atom stereocenters. The van der Waals surface area contributed by atoms with E-state index in [4.69, 9.17) is 9.47 Å². The van der Waals surface area contributed by atoms with Gasteiger partial charge in [0.2, 0.25) is 0 Å². The van der Waals surface area contributed by atoms with Crippen LogP contribution in [-0.4, -0.2) is 36.3 Å². The van der Waals surface area contributed by atoms with E-state index in [0.717, 1.165) is 38.9 Å². The minimum Gasteiger partial charge on any atom is -0.497 e. The van der Waals surface area contributed by atoms with Gasteiger partial charge >= 0.3 is 6.03 Å². The molecule has 6 heteroatoms. The zero-order valence-electron chi connectivity index (χ0n) is 14.7. The van der Waals surface area contributed by atoms with Gasteiger partial charge in [0.15, 0.2) is 0 Å². The van der Waals surface area contributed by atoms with E-state index in [1.165, 1.54) is 5.56 Å². The van der Waals surface area contributed by atoms with Gasteiger partial charge < -0.3 is 14.4 Å². The molecule has 0 atom stereocenters. The van der Waals surface area contributed by atoms with Crippen LogP contribution < -0.4 is 9.47 Å². The Morgan fingerprint density at radius 3 is 2.73 bits per heavy atom. The Labute approximate surface area is 160 Å². The quantitative estimate of drug-likeness (QED) is 0.622. The fourth-order valence-electron chi connectivity index (χ4n) is 3.50. The summed E-state index contributed by atoms with van der Waals surface area (Å²) >= 11 is 3.47. The lowest BCUT2D eigenvalue weighted by Gasteiger charge is -2.30. The second-order valence-electron chi connectivity index (χ2n) is 6.31. The van der Waals surface area contributed by atoms with Crippen LogP contribution in [0.5, 0.6) is 11.5 Å². The topological polar surface area (TPSA) is 43.7 Å². The largest absolute Gasteiger partial charge is 0.497 e. The molecule has 0 saturated carbocycles. The first-order chi connectivity index (χ1) is 12.6. The van der Waals surface area contributed by atoms with Crippen molar-refractivity contribution in [2.75, 3.05) is 20.8 Å². The molecule has 0 N–H and O–H groups in total. The lowest BCUT2D eigenvalue weighted by atomic mass is 9.98. The van der Waals surface area contributed by atoms with Crippen LogP contribution in [0.15, 0.2) is 47.1 Å². The van der Waals surface area contributed by atoms with E-state index in [2.05, 4.69) is 15.9 Å². The number of amides is 1. The van der Waals surface area contributed by atoms with Crippen molar-refractivity contribution in [3.05, 3.63) is 58.2 Å². The molecule has 5 nitrogen and oxygen atoms in total. The second-order valence-corrected chi connectivity index (χ2v) is 7.23. The zero-order chi connectivity index (χ0) is 18.3. The highest BCUT2D eigenvalue weighted by molar-refractivity contribution is 9.10. The number of carbonyl (C=O) groups is 1. The molecule has 3 aromatic rings. The third-order valence-electron chi connectivity index (χ3n) is 4.86. The highest BCUT2D eigenvalue weighted by atomic mass is 79.9. The van der Waals surface area contributed by atoms with Crippen LogP contribution in [0.2, 0.25) is 0 Å². The Bertz CT molecular complexity index is 979. The maximum atomic E-state index is 13.1. The van der Waals surface area contributed by atoms with Gasteiger partial charge in [-0.1, -0.05) is 15.9 Å². The summed E-state index contributed by atoms with van der Waals surface area (Å²) in [5.41, 5.74) is 3.13. The molecule has 0 saturated heterocycles. The number of aromatic nitrogens is 1. The van der Waals surface area contributed by atoms with Gasteiger partial charge in [-0.05, 0) is 42.3 Å². The molecule has 1 aromatic heterocycles. The third kappa shape index (κ3) is 2.84. The standard InChI is InChI=1S/C20H19BrN2O3/c1-25-16-10-13-5-7-22(12-17(13)19(11-16)26-2)20(24)23-8-6-14-9-15(21)3-4-18(14)23/h3-4,6,8-11H,5,7,12H2,1-2H3. The molecule has 2 aromatic carbocycles. The van der Waals surface area contributed by atoms with Crippen molar-refractivity contribution < 1.29 is 14.3 Å². The minimum atomic E-state index is -0.0224. The Balaban J connectivity index is 1.67. The first kappa shape index (κ1) is 17.0. The fraction of sp³-hybridized carbons (Fsp3) is 0.250.